The van der Waals surface area contributed by atoms with Crippen LogP contribution in [0.1, 0.15) is 54.6 Å². The van der Waals surface area contributed by atoms with Gasteiger partial charge >= 0.3 is 5.97 Å². The number of carboxylic acid groups (broad SMARTS) is 1. The van der Waals surface area contributed by atoms with Gasteiger partial charge in [0.2, 0.25) is 5.91 Å². The number of carboxylic acids is 1. The van der Waals surface area contributed by atoms with Gasteiger partial charge in [-0.05, 0) is 48.7 Å². The molecule has 0 spiro atoms. The van der Waals surface area contributed by atoms with Gasteiger partial charge in [-0.1, -0.05) is 66.9 Å². The molecule has 1 aliphatic rings. The number of nitrogens with one attached hydrogen (secondary N) is 3. The second-order valence-electron chi connectivity index (χ2n) is 9.67. The Morgan fingerprint density at radius 3 is 2.64 bits per heavy atom. The van der Waals surface area contributed by atoms with Crippen molar-refractivity contribution < 1.29 is 14.7 Å². The lowest BCUT2D eigenvalue weighted by Crippen LogP contribution is -2.33. The van der Waals surface area contributed by atoms with Crippen molar-refractivity contribution in [1.82, 2.24) is 15.3 Å². The van der Waals surface area contributed by atoms with Crippen molar-refractivity contribution in [2.45, 2.75) is 57.4 Å². The number of aliphatic carboxylic acids is 1. The van der Waals surface area contributed by atoms with E-state index in [0.717, 1.165) is 43.4 Å². The molecule has 0 aliphatic heterocycles. The van der Waals surface area contributed by atoms with E-state index in [2.05, 4.69) is 38.1 Å². The standard InChI is InChI=1S/C30H34ClN5O3/c31-24-13-12-22(26(19-24)32-15-6-9-21-7-2-1-3-8-21)17-27-34-20-23(18-29(38)39)30(36-27)33-16-14-28(37)35-25-10-4-5-11-25/h1-3,6-8,12-13,15,19-20,25,32H,4-5,9-11,14,16-18H2,(H,35,37)(H,38,39)(H,33,34,36)/b15-6+. The van der Waals surface area contributed by atoms with Gasteiger partial charge in [0.05, 0.1) is 6.42 Å². The summed E-state index contributed by atoms with van der Waals surface area (Å²) in [6.45, 7) is 0.349. The zero-order chi connectivity index (χ0) is 27.5. The Balaban J connectivity index is 1.42. The molecule has 4 N–H and O–H groups in total. The number of nitrogens with zero attached hydrogens (tertiary/aromatic N) is 2. The largest absolute Gasteiger partial charge is 0.481 e. The first kappa shape index (κ1) is 28.1. The van der Waals surface area contributed by atoms with Crippen molar-refractivity contribution in [3.63, 3.8) is 0 Å². The van der Waals surface area contributed by atoms with Crippen LogP contribution in [0.25, 0.3) is 0 Å². The predicted octanol–water partition coefficient (Wildman–Crippen LogP) is 5.38. The molecular weight excluding hydrogens is 514 g/mol. The van der Waals surface area contributed by atoms with E-state index >= 15 is 0 Å². The number of carbonyl (C=O) groups excluding carboxylic acids is 1. The minimum Gasteiger partial charge on any atom is -0.481 e. The first-order valence-corrected chi connectivity index (χ1v) is 13.7. The fourth-order valence-corrected chi connectivity index (χ4v) is 4.78. The van der Waals surface area contributed by atoms with Crippen molar-refractivity contribution in [3.8, 4) is 0 Å². The molecule has 4 rings (SSSR count). The van der Waals surface area contributed by atoms with Gasteiger partial charge in [0.25, 0.3) is 0 Å². The highest BCUT2D eigenvalue weighted by atomic mass is 35.5. The van der Waals surface area contributed by atoms with Gasteiger partial charge in [0.15, 0.2) is 0 Å². The molecule has 1 aliphatic carbocycles. The van der Waals surface area contributed by atoms with Crippen molar-refractivity contribution in [2.75, 3.05) is 17.2 Å². The monoisotopic (exact) mass is 547 g/mol. The van der Waals surface area contributed by atoms with Crippen LogP contribution in [0.4, 0.5) is 11.5 Å². The molecule has 1 fully saturated rings. The Hall–Kier alpha value is -3.91. The van der Waals surface area contributed by atoms with Gasteiger partial charge in [0, 0.05) is 47.9 Å². The summed E-state index contributed by atoms with van der Waals surface area (Å²) in [6.07, 6.45) is 11.1. The molecule has 1 heterocycles. The number of allylic oxidation sites excluding steroid dienone is 1. The molecule has 0 saturated heterocycles. The number of anilines is 2. The molecule has 3 aromatic rings. The number of rotatable bonds is 13. The topological polar surface area (TPSA) is 116 Å². The molecule has 0 unspecified atom stereocenters. The normalized spacial score (nSPS) is 13.5. The van der Waals surface area contributed by atoms with E-state index < -0.39 is 5.97 Å². The van der Waals surface area contributed by atoms with Crippen LogP contribution in [0.5, 0.6) is 0 Å². The second kappa shape index (κ2) is 14.3. The molecule has 0 bridgehead atoms. The smallest absolute Gasteiger partial charge is 0.308 e. The fraction of sp³-hybridized carbons (Fsp3) is 0.333. The van der Waals surface area contributed by atoms with E-state index in [1.165, 1.54) is 5.56 Å². The molecule has 204 valence electrons. The molecule has 1 aromatic heterocycles. The first-order chi connectivity index (χ1) is 19.0. The van der Waals surface area contributed by atoms with Crippen LogP contribution in [-0.4, -0.2) is 39.5 Å². The zero-order valence-electron chi connectivity index (χ0n) is 21.8. The summed E-state index contributed by atoms with van der Waals surface area (Å²) in [4.78, 5) is 32.8. The molecule has 9 heteroatoms. The summed E-state index contributed by atoms with van der Waals surface area (Å²) in [5.74, 6) is -0.0245. The third kappa shape index (κ3) is 9.11. The lowest BCUT2D eigenvalue weighted by atomic mass is 10.1. The third-order valence-corrected chi connectivity index (χ3v) is 6.83. The van der Waals surface area contributed by atoms with Crippen LogP contribution in [0.15, 0.2) is 67.0 Å². The molecule has 8 nitrogen and oxygen atoms in total. The maximum atomic E-state index is 12.3. The summed E-state index contributed by atoms with van der Waals surface area (Å²) in [5.41, 5.74) is 3.47. The number of aromatic nitrogens is 2. The van der Waals surface area contributed by atoms with Gasteiger partial charge in [-0.3, -0.25) is 9.59 Å². The van der Waals surface area contributed by atoms with E-state index in [-0.39, 0.29) is 24.8 Å². The van der Waals surface area contributed by atoms with Gasteiger partial charge in [-0.25, -0.2) is 9.97 Å². The van der Waals surface area contributed by atoms with Gasteiger partial charge < -0.3 is 21.1 Å². The molecule has 1 saturated carbocycles. The van der Waals surface area contributed by atoms with Crippen LogP contribution < -0.4 is 16.0 Å². The van der Waals surface area contributed by atoms with Crippen molar-refractivity contribution in [3.05, 3.63) is 94.5 Å². The van der Waals surface area contributed by atoms with E-state index in [0.29, 0.717) is 35.2 Å². The Kier molecular flexibility index (Phi) is 10.3. The highest BCUT2D eigenvalue weighted by molar-refractivity contribution is 6.30. The van der Waals surface area contributed by atoms with Crippen LogP contribution in [0.3, 0.4) is 0 Å². The van der Waals surface area contributed by atoms with Gasteiger partial charge in [-0.15, -0.1) is 0 Å². The summed E-state index contributed by atoms with van der Waals surface area (Å²) in [7, 11) is 0. The van der Waals surface area contributed by atoms with Crippen molar-refractivity contribution >= 4 is 35.0 Å². The third-order valence-electron chi connectivity index (χ3n) is 6.59. The fourth-order valence-electron chi connectivity index (χ4n) is 4.60. The van der Waals surface area contributed by atoms with Crippen LogP contribution >= 0.6 is 11.6 Å². The first-order valence-electron chi connectivity index (χ1n) is 13.3. The summed E-state index contributed by atoms with van der Waals surface area (Å²) in [6, 6.07) is 16.0. The average Bonchev–Trinajstić information content (AvgIpc) is 3.43. The van der Waals surface area contributed by atoms with E-state index in [1.54, 1.807) is 6.20 Å². The number of amides is 1. The molecule has 0 atom stereocenters. The summed E-state index contributed by atoms with van der Waals surface area (Å²) in [5, 5.41) is 19.5. The van der Waals surface area contributed by atoms with E-state index in [1.807, 2.05) is 48.7 Å². The minimum atomic E-state index is -0.972. The van der Waals surface area contributed by atoms with Crippen molar-refractivity contribution in [2.24, 2.45) is 0 Å². The quantitative estimate of drug-likeness (QED) is 0.227. The Labute approximate surface area is 233 Å². The zero-order valence-corrected chi connectivity index (χ0v) is 22.6. The number of carbonyl (C=O) groups is 2. The van der Waals surface area contributed by atoms with Gasteiger partial charge in [0.1, 0.15) is 11.6 Å². The molecule has 0 radical (unpaired) electrons. The summed E-state index contributed by atoms with van der Waals surface area (Å²) < 4.78 is 0. The minimum absolute atomic E-state index is 0.0133. The van der Waals surface area contributed by atoms with Crippen LogP contribution in [-0.2, 0) is 28.9 Å². The second-order valence-corrected chi connectivity index (χ2v) is 10.1. The molecular formula is C30H34ClN5O3. The Bertz CT molecular complexity index is 1290. The average molecular weight is 548 g/mol. The lowest BCUT2D eigenvalue weighted by molar-refractivity contribution is -0.136. The van der Waals surface area contributed by atoms with E-state index in [9.17, 15) is 14.7 Å². The van der Waals surface area contributed by atoms with Crippen LogP contribution in [0.2, 0.25) is 5.02 Å². The highest BCUT2D eigenvalue weighted by Gasteiger charge is 2.17. The van der Waals surface area contributed by atoms with Crippen molar-refractivity contribution in [1.29, 1.82) is 0 Å². The molecule has 2 aromatic carbocycles. The molecule has 39 heavy (non-hydrogen) atoms. The number of halogens is 1. The molecule has 1 amide bonds. The maximum Gasteiger partial charge on any atom is 0.308 e. The van der Waals surface area contributed by atoms with Crippen LogP contribution in [0, 0.1) is 0 Å². The highest BCUT2D eigenvalue weighted by Crippen LogP contribution is 2.24. The predicted molar refractivity (Wildman–Crippen MR) is 154 cm³/mol. The van der Waals surface area contributed by atoms with Gasteiger partial charge in [-0.2, -0.15) is 0 Å². The number of benzene rings is 2. The summed E-state index contributed by atoms with van der Waals surface area (Å²) >= 11 is 6.27. The lowest BCUT2D eigenvalue weighted by Gasteiger charge is -2.14. The number of hydrogen-bond acceptors (Lipinski definition) is 6. The van der Waals surface area contributed by atoms with E-state index in [4.69, 9.17) is 11.6 Å². The maximum absolute atomic E-state index is 12.3. The number of hydrogen-bond donors (Lipinski definition) is 4. The Morgan fingerprint density at radius 2 is 1.87 bits per heavy atom. The SMILES string of the molecule is O=C(O)Cc1cnc(Cc2ccc(Cl)cc2N/C=C/Cc2ccccc2)nc1NCCC(=O)NC1CCCC1. The Morgan fingerprint density at radius 1 is 1.08 bits per heavy atom.